The van der Waals surface area contributed by atoms with Gasteiger partial charge in [0.15, 0.2) is 0 Å². The quantitative estimate of drug-likeness (QED) is 0.819. The number of rotatable bonds is 5. The van der Waals surface area contributed by atoms with Crippen molar-refractivity contribution in [3.63, 3.8) is 0 Å². The molecule has 124 valence electrons. The molecule has 1 saturated heterocycles. The third-order valence-electron chi connectivity index (χ3n) is 4.85. The number of amides is 2. The maximum absolute atomic E-state index is 12.6. The Balaban J connectivity index is 1.62. The summed E-state index contributed by atoms with van der Waals surface area (Å²) >= 11 is 0. The first-order chi connectivity index (χ1) is 11.0. The summed E-state index contributed by atoms with van der Waals surface area (Å²) in [5.41, 5.74) is 1.94. The lowest BCUT2D eigenvalue weighted by Gasteiger charge is -2.19. The summed E-state index contributed by atoms with van der Waals surface area (Å²) < 4.78 is 5.51. The predicted octanol–water partition coefficient (Wildman–Crippen LogP) is 2.32. The van der Waals surface area contributed by atoms with Crippen LogP contribution < -0.4 is 10.6 Å². The van der Waals surface area contributed by atoms with Crippen molar-refractivity contribution in [3.05, 3.63) is 29.3 Å². The summed E-state index contributed by atoms with van der Waals surface area (Å²) in [6, 6.07) is 5.88. The number of carbonyl (C=O) groups excluding carboxylic acids is 2. The van der Waals surface area contributed by atoms with Crippen LogP contribution in [0.25, 0.3) is 0 Å². The number of anilines is 1. The van der Waals surface area contributed by atoms with Gasteiger partial charge in [-0.3, -0.25) is 9.59 Å². The molecule has 1 aromatic carbocycles. The molecule has 2 amide bonds. The van der Waals surface area contributed by atoms with E-state index in [0.717, 1.165) is 36.3 Å². The van der Waals surface area contributed by atoms with Crippen molar-refractivity contribution in [1.82, 2.24) is 5.32 Å². The Bertz CT molecular complexity index is 596. The minimum absolute atomic E-state index is 0.0939. The van der Waals surface area contributed by atoms with Gasteiger partial charge in [-0.15, -0.1) is 0 Å². The lowest BCUT2D eigenvalue weighted by molar-refractivity contribution is -0.134. The Morgan fingerprint density at radius 1 is 1.22 bits per heavy atom. The van der Waals surface area contributed by atoms with Crippen LogP contribution in [0.15, 0.2) is 18.2 Å². The highest BCUT2D eigenvalue weighted by Gasteiger charge is 2.56. The van der Waals surface area contributed by atoms with E-state index in [-0.39, 0.29) is 17.9 Å². The van der Waals surface area contributed by atoms with Gasteiger partial charge in [0.2, 0.25) is 11.8 Å². The van der Waals surface area contributed by atoms with Gasteiger partial charge >= 0.3 is 0 Å². The average molecular weight is 316 g/mol. The van der Waals surface area contributed by atoms with Crippen LogP contribution >= 0.6 is 0 Å². The molecule has 1 aromatic rings. The van der Waals surface area contributed by atoms with E-state index >= 15 is 0 Å². The largest absolute Gasteiger partial charge is 0.376 e. The van der Waals surface area contributed by atoms with Crippen LogP contribution in [-0.2, 0) is 14.3 Å². The molecular weight excluding hydrogens is 292 g/mol. The number of nitrogens with one attached hydrogen (secondary N) is 2. The first kappa shape index (κ1) is 16.0. The SMILES string of the molecule is Cc1cccc(C)c1NC(=O)C1(C(=O)NCC2CCCO2)CC1. The molecule has 1 aliphatic carbocycles. The normalized spacial score (nSPS) is 21.7. The smallest absolute Gasteiger partial charge is 0.240 e. The molecule has 3 rings (SSSR count). The van der Waals surface area contributed by atoms with Crippen LogP contribution in [-0.4, -0.2) is 31.1 Å². The maximum atomic E-state index is 12.6. The van der Waals surface area contributed by atoms with Gasteiger partial charge in [0.1, 0.15) is 5.41 Å². The van der Waals surface area contributed by atoms with Crippen LogP contribution in [0.3, 0.4) is 0 Å². The highest BCUT2D eigenvalue weighted by molar-refractivity contribution is 6.13. The van der Waals surface area contributed by atoms with Gasteiger partial charge in [-0.05, 0) is 50.7 Å². The minimum atomic E-state index is -0.896. The van der Waals surface area contributed by atoms with Gasteiger partial charge in [0.25, 0.3) is 0 Å². The van der Waals surface area contributed by atoms with Crippen LogP contribution in [0, 0.1) is 19.3 Å². The lowest BCUT2D eigenvalue weighted by Crippen LogP contribution is -2.42. The zero-order valence-electron chi connectivity index (χ0n) is 13.8. The summed E-state index contributed by atoms with van der Waals surface area (Å²) in [7, 11) is 0. The number of ether oxygens (including phenoxy) is 1. The van der Waals surface area contributed by atoms with Crippen molar-refractivity contribution in [1.29, 1.82) is 0 Å². The van der Waals surface area contributed by atoms with Crippen molar-refractivity contribution >= 4 is 17.5 Å². The van der Waals surface area contributed by atoms with Gasteiger partial charge in [0.05, 0.1) is 6.10 Å². The average Bonchev–Trinajstić information content (AvgIpc) is 3.18. The Labute approximate surface area is 136 Å². The van der Waals surface area contributed by atoms with E-state index in [1.165, 1.54) is 0 Å². The number of carbonyl (C=O) groups is 2. The van der Waals surface area contributed by atoms with Crippen LogP contribution in [0.1, 0.15) is 36.8 Å². The van der Waals surface area contributed by atoms with E-state index < -0.39 is 5.41 Å². The van der Waals surface area contributed by atoms with Crippen molar-refractivity contribution in [2.24, 2.45) is 5.41 Å². The summed E-state index contributed by atoms with van der Waals surface area (Å²) in [5, 5.41) is 5.86. The van der Waals surface area contributed by atoms with Gasteiger partial charge in [-0.1, -0.05) is 18.2 Å². The number of para-hydroxylation sites is 1. The van der Waals surface area contributed by atoms with E-state index in [0.29, 0.717) is 19.4 Å². The number of aryl methyl sites for hydroxylation is 2. The maximum Gasteiger partial charge on any atom is 0.240 e. The number of hydrogen-bond acceptors (Lipinski definition) is 3. The van der Waals surface area contributed by atoms with Gasteiger partial charge in [-0.25, -0.2) is 0 Å². The molecule has 1 atom stereocenters. The Hall–Kier alpha value is -1.88. The number of hydrogen-bond donors (Lipinski definition) is 2. The standard InChI is InChI=1S/C18H24N2O3/c1-12-5-3-6-13(2)15(12)20-17(22)18(8-9-18)16(21)19-11-14-7-4-10-23-14/h3,5-6,14H,4,7-11H2,1-2H3,(H,19,21)(H,20,22). The fourth-order valence-electron chi connectivity index (χ4n) is 3.11. The highest BCUT2D eigenvalue weighted by atomic mass is 16.5. The second kappa shape index (κ2) is 6.32. The van der Waals surface area contributed by atoms with E-state index in [1.807, 2.05) is 32.0 Å². The molecule has 1 unspecified atom stereocenters. The molecule has 5 heteroatoms. The fraction of sp³-hybridized carbons (Fsp3) is 0.556. The molecule has 0 aromatic heterocycles. The van der Waals surface area contributed by atoms with Crippen molar-refractivity contribution in [3.8, 4) is 0 Å². The molecule has 0 spiro atoms. The van der Waals surface area contributed by atoms with E-state index in [1.54, 1.807) is 0 Å². The Morgan fingerprint density at radius 3 is 2.48 bits per heavy atom. The summed E-state index contributed by atoms with van der Waals surface area (Å²) in [5.74, 6) is -0.364. The van der Waals surface area contributed by atoms with Crippen LogP contribution in [0.4, 0.5) is 5.69 Å². The number of benzene rings is 1. The minimum Gasteiger partial charge on any atom is -0.376 e. The zero-order chi connectivity index (χ0) is 16.4. The second-order valence-electron chi connectivity index (χ2n) is 6.65. The highest BCUT2D eigenvalue weighted by Crippen LogP contribution is 2.47. The summed E-state index contributed by atoms with van der Waals surface area (Å²) in [6.07, 6.45) is 3.33. The topological polar surface area (TPSA) is 67.4 Å². The Kier molecular flexibility index (Phi) is 4.39. The van der Waals surface area contributed by atoms with Gasteiger partial charge < -0.3 is 15.4 Å². The van der Waals surface area contributed by atoms with Gasteiger partial charge in [0, 0.05) is 18.8 Å². The van der Waals surface area contributed by atoms with E-state index in [2.05, 4.69) is 10.6 Å². The molecule has 2 N–H and O–H groups in total. The molecule has 0 bridgehead atoms. The zero-order valence-corrected chi connectivity index (χ0v) is 13.8. The van der Waals surface area contributed by atoms with Crippen molar-refractivity contribution in [2.75, 3.05) is 18.5 Å². The fourth-order valence-corrected chi connectivity index (χ4v) is 3.11. The molecule has 2 fully saturated rings. The summed E-state index contributed by atoms with van der Waals surface area (Å²) in [4.78, 5) is 25.1. The van der Waals surface area contributed by atoms with E-state index in [9.17, 15) is 9.59 Å². The molecule has 2 aliphatic rings. The molecule has 5 nitrogen and oxygen atoms in total. The first-order valence-electron chi connectivity index (χ1n) is 8.30. The molecular formula is C18H24N2O3. The monoisotopic (exact) mass is 316 g/mol. The van der Waals surface area contributed by atoms with Gasteiger partial charge in [-0.2, -0.15) is 0 Å². The predicted molar refractivity (Wildman–Crippen MR) is 88.2 cm³/mol. The third-order valence-corrected chi connectivity index (χ3v) is 4.85. The molecule has 1 aliphatic heterocycles. The second-order valence-corrected chi connectivity index (χ2v) is 6.65. The van der Waals surface area contributed by atoms with Crippen LogP contribution in [0.2, 0.25) is 0 Å². The molecule has 1 saturated carbocycles. The lowest BCUT2D eigenvalue weighted by atomic mass is 10.0. The molecule has 1 heterocycles. The third kappa shape index (κ3) is 3.24. The molecule has 23 heavy (non-hydrogen) atoms. The van der Waals surface area contributed by atoms with Crippen LogP contribution in [0.5, 0.6) is 0 Å². The molecule has 0 radical (unpaired) electrons. The van der Waals surface area contributed by atoms with Crippen molar-refractivity contribution < 1.29 is 14.3 Å². The Morgan fingerprint density at radius 2 is 1.91 bits per heavy atom. The van der Waals surface area contributed by atoms with Crippen molar-refractivity contribution in [2.45, 2.75) is 45.6 Å². The van der Waals surface area contributed by atoms with E-state index in [4.69, 9.17) is 4.74 Å². The first-order valence-corrected chi connectivity index (χ1v) is 8.30. The summed E-state index contributed by atoms with van der Waals surface area (Å²) in [6.45, 7) is 5.18.